The highest BCUT2D eigenvalue weighted by atomic mass is 16.1. The lowest BCUT2D eigenvalue weighted by Gasteiger charge is -2.33. The van der Waals surface area contributed by atoms with Crippen LogP contribution in [0.15, 0.2) is 12.4 Å². The molecule has 0 radical (unpaired) electrons. The second-order valence-electron chi connectivity index (χ2n) is 5.65. The Hall–Kier alpha value is -1.36. The Morgan fingerprint density at radius 2 is 2.16 bits per heavy atom. The summed E-state index contributed by atoms with van der Waals surface area (Å²) in [5.41, 5.74) is 4.86. The van der Waals surface area contributed by atoms with E-state index in [-0.39, 0.29) is 18.0 Å². The van der Waals surface area contributed by atoms with Crippen LogP contribution in [0.5, 0.6) is 0 Å². The Balaban J connectivity index is 2.88. The molecule has 0 aromatic carbocycles. The van der Waals surface area contributed by atoms with E-state index in [0.717, 1.165) is 12.2 Å². The highest BCUT2D eigenvalue weighted by Crippen LogP contribution is 2.22. The molecule has 0 bridgehead atoms. The fraction of sp³-hybridized carbons (Fsp3) is 0.714. The van der Waals surface area contributed by atoms with E-state index < -0.39 is 5.54 Å². The predicted octanol–water partition coefficient (Wildman–Crippen LogP) is 1.64. The van der Waals surface area contributed by atoms with Crippen molar-refractivity contribution in [2.24, 2.45) is 5.73 Å². The number of nitrogens with zero attached hydrogens (tertiary/aromatic N) is 2. The average Bonchev–Trinajstić information content (AvgIpc) is 2.75. The van der Waals surface area contributed by atoms with Gasteiger partial charge in [0.1, 0.15) is 5.82 Å². The molecule has 0 fully saturated rings. The van der Waals surface area contributed by atoms with Gasteiger partial charge in [0.25, 0.3) is 0 Å². The van der Waals surface area contributed by atoms with Crippen LogP contribution in [0.3, 0.4) is 0 Å². The van der Waals surface area contributed by atoms with Gasteiger partial charge in [0, 0.05) is 30.9 Å². The van der Waals surface area contributed by atoms with Gasteiger partial charge in [-0.05, 0) is 34.1 Å². The summed E-state index contributed by atoms with van der Waals surface area (Å²) in [6.07, 6.45) is 5.28. The number of rotatable bonds is 7. The smallest absolute Gasteiger partial charge is 0.237 e. The molecule has 5 nitrogen and oxygen atoms in total. The molecule has 19 heavy (non-hydrogen) atoms. The van der Waals surface area contributed by atoms with Crippen molar-refractivity contribution in [3.63, 3.8) is 0 Å². The van der Waals surface area contributed by atoms with Crippen LogP contribution in [0.25, 0.3) is 0 Å². The lowest BCUT2D eigenvalue weighted by molar-refractivity contribution is -0.124. The first-order chi connectivity index (χ1) is 8.80. The summed E-state index contributed by atoms with van der Waals surface area (Å²) in [7, 11) is 0. The van der Waals surface area contributed by atoms with Crippen LogP contribution in [0.2, 0.25) is 0 Å². The summed E-state index contributed by atoms with van der Waals surface area (Å²) < 4.78 is 2.11. The Bertz CT molecular complexity index is 427. The van der Waals surface area contributed by atoms with Crippen LogP contribution < -0.4 is 11.1 Å². The molecule has 0 spiro atoms. The number of hydrogen-bond acceptors (Lipinski definition) is 3. The number of amides is 1. The first kappa shape index (κ1) is 15.7. The van der Waals surface area contributed by atoms with E-state index in [1.807, 2.05) is 27.0 Å². The Kier molecular flexibility index (Phi) is 5.11. The third kappa shape index (κ3) is 3.80. The summed E-state index contributed by atoms with van der Waals surface area (Å²) in [5, 5.41) is 3.28. The topological polar surface area (TPSA) is 72.9 Å². The van der Waals surface area contributed by atoms with E-state index in [9.17, 15) is 4.79 Å². The quantitative estimate of drug-likeness (QED) is 0.788. The molecular formula is C14H26N4O. The van der Waals surface area contributed by atoms with Crippen LogP contribution in [0.4, 0.5) is 0 Å². The number of imidazole rings is 1. The molecule has 0 saturated carbocycles. The zero-order valence-corrected chi connectivity index (χ0v) is 12.6. The van der Waals surface area contributed by atoms with E-state index in [1.165, 1.54) is 0 Å². The normalized spacial score (nSPS) is 16.3. The van der Waals surface area contributed by atoms with E-state index in [2.05, 4.69) is 28.7 Å². The molecule has 0 aliphatic heterocycles. The molecule has 1 amide bonds. The van der Waals surface area contributed by atoms with Gasteiger partial charge < -0.3 is 15.6 Å². The van der Waals surface area contributed by atoms with Gasteiger partial charge in [-0.2, -0.15) is 0 Å². The molecule has 1 aromatic rings. The molecule has 2 atom stereocenters. The third-order valence-electron chi connectivity index (χ3n) is 3.39. The largest absolute Gasteiger partial charge is 0.368 e. The number of carbonyl (C=O) groups excluding carboxylic acids is 1. The van der Waals surface area contributed by atoms with Crippen molar-refractivity contribution >= 4 is 5.91 Å². The highest BCUT2D eigenvalue weighted by Gasteiger charge is 2.33. The zero-order valence-electron chi connectivity index (χ0n) is 12.6. The van der Waals surface area contributed by atoms with E-state index in [4.69, 9.17) is 5.73 Å². The second-order valence-corrected chi connectivity index (χ2v) is 5.65. The summed E-state index contributed by atoms with van der Waals surface area (Å²) >= 11 is 0. The minimum Gasteiger partial charge on any atom is -0.368 e. The van der Waals surface area contributed by atoms with Crippen molar-refractivity contribution in [2.75, 3.05) is 0 Å². The fourth-order valence-electron chi connectivity index (χ4n) is 2.58. The van der Waals surface area contributed by atoms with Gasteiger partial charge in [0.05, 0.1) is 5.54 Å². The molecule has 0 aliphatic rings. The molecule has 5 heteroatoms. The number of hydrogen-bond donors (Lipinski definition) is 2. The maximum Gasteiger partial charge on any atom is 0.237 e. The van der Waals surface area contributed by atoms with Crippen molar-refractivity contribution in [1.82, 2.24) is 14.9 Å². The van der Waals surface area contributed by atoms with Crippen LogP contribution >= 0.6 is 0 Å². The minimum atomic E-state index is -0.705. The summed E-state index contributed by atoms with van der Waals surface area (Å²) in [5.74, 6) is 0.718. The maximum atomic E-state index is 11.8. The Labute approximate surface area is 115 Å². The van der Waals surface area contributed by atoms with Crippen molar-refractivity contribution in [2.45, 2.75) is 65.1 Å². The minimum absolute atomic E-state index is 0.168. The van der Waals surface area contributed by atoms with Gasteiger partial charge in [0.2, 0.25) is 5.91 Å². The SMILES string of the molecule is CCc1nccn1C(C)CC(C)(NC(C)C)C(N)=O. The number of aromatic nitrogens is 2. The van der Waals surface area contributed by atoms with Gasteiger partial charge in [-0.1, -0.05) is 6.92 Å². The Morgan fingerprint density at radius 3 is 2.63 bits per heavy atom. The van der Waals surface area contributed by atoms with E-state index in [0.29, 0.717) is 6.42 Å². The average molecular weight is 266 g/mol. The number of carbonyl (C=O) groups is 1. The Morgan fingerprint density at radius 1 is 1.53 bits per heavy atom. The lowest BCUT2D eigenvalue weighted by Crippen LogP contribution is -2.56. The molecule has 0 saturated heterocycles. The maximum absolute atomic E-state index is 11.8. The van der Waals surface area contributed by atoms with Gasteiger partial charge in [-0.25, -0.2) is 4.98 Å². The van der Waals surface area contributed by atoms with Crippen molar-refractivity contribution in [3.8, 4) is 0 Å². The lowest BCUT2D eigenvalue weighted by atomic mass is 9.91. The van der Waals surface area contributed by atoms with Crippen LogP contribution in [0, 0.1) is 0 Å². The zero-order chi connectivity index (χ0) is 14.6. The van der Waals surface area contributed by atoms with Gasteiger partial charge in [-0.15, -0.1) is 0 Å². The first-order valence-corrected chi connectivity index (χ1v) is 6.89. The van der Waals surface area contributed by atoms with Crippen LogP contribution in [0.1, 0.15) is 52.9 Å². The number of primary amides is 1. The predicted molar refractivity (Wildman–Crippen MR) is 76.8 cm³/mol. The van der Waals surface area contributed by atoms with Gasteiger partial charge in [-0.3, -0.25) is 4.79 Å². The molecule has 0 aliphatic carbocycles. The number of nitrogens with two attached hydrogens (primary N) is 1. The molecule has 3 N–H and O–H groups in total. The standard InChI is InChI=1S/C14H26N4O/c1-6-12-16-7-8-18(12)11(4)9-14(5,13(15)19)17-10(2)3/h7-8,10-11,17H,6,9H2,1-5H3,(H2,15,19). The van der Waals surface area contributed by atoms with Crippen LogP contribution in [-0.2, 0) is 11.2 Å². The summed E-state index contributed by atoms with van der Waals surface area (Å²) in [4.78, 5) is 16.1. The van der Waals surface area contributed by atoms with Crippen molar-refractivity contribution in [3.05, 3.63) is 18.2 Å². The third-order valence-corrected chi connectivity index (χ3v) is 3.39. The monoisotopic (exact) mass is 266 g/mol. The fourth-order valence-corrected chi connectivity index (χ4v) is 2.58. The van der Waals surface area contributed by atoms with Gasteiger partial charge >= 0.3 is 0 Å². The van der Waals surface area contributed by atoms with E-state index in [1.54, 1.807) is 6.20 Å². The summed E-state index contributed by atoms with van der Waals surface area (Å²) in [6.45, 7) is 10.1. The molecular weight excluding hydrogens is 240 g/mol. The molecule has 1 rings (SSSR count). The van der Waals surface area contributed by atoms with Crippen molar-refractivity contribution in [1.29, 1.82) is 0 Å². The second kappa shape index (κ2) is 6.19. The molecule has 2 unspecified atom stereocenters. The van der Waals surface area contributed by atoms with E-state index >= 15 is 0 Å². The highest BCUT2D eigenvalue weighted by molar-refractivity contribution is 5.84. The first-order valence-electron chi connectivity index (χ1n) is 6.89. The van der Waals surface area contributed by atoms with Gasteiger partial charge in [0.15, 0.2) is 0 Å². The summed E-state index contributed by atoms with van der Waals surface area (Å²) in [6, 6.07) is 0.374. The number of nitrogens with one attached hydrogen (secondary N) is 1. The molecule has 1 aromatic heterocycles. The molecule has 108 valence electrons. The molecule has 1 heterocycles. The number of aryl methyl sites for hydroxylation is 1. The van der Waals surface area contributed by atoms with Crippen LogP contribution in [-0.4, -0.2) is 27.0 Å². The van der Waals surface area contributed by atoms with Crippen molar-refractivity contribution < 1.29 is 4.79 Å².